The van der Waals surface area contributed by atoms with Gasteiger partial charge in [0.05, 0.1) is 23.3 Å². The van der Waals surface area contributed by atoms with Crippen molar-refractivity contribution in [2.75, 3.05) is 25.5 Å². The zero-order chi connectivity index (χ0) is 23.3. The Morgan fingerprint density at radius 2 is 1.81 bits per heavy atom. The Balaban J connectivity index is 1.73. The van der Waals surface area contributed by atoms with Crippen LogP contribution in [0.5, 0.6) is 5.75 Å². The van der Waals surface area contributed by atoms with Crippen LogP contribution in [0.4, 0.5) is 5.69 Å². The number of carbonyl (C=O) groups excluding carboxylic acids is 2. The number of nitrogens with one attached hydrogen (secondary N) is 1. The third kappa shape index (κ3) is 5.58. The van der Waals surface area contributed by atoms with Gasteiger partial charge < -0.3 is 14.5 Å². The van der Waals surface area contributed by atoms with E-state index in [0.717, 1.165) is 25.7 Å². The smallest absolute Gasteiger partial charge is 0.243 e. The van der Waals surface area contributed by atoms with Crippen LogP contribution in [0, 0.1) is 6.92 Å². The molecule has 1 aliphatic heterocycles. The Morgan fingerprint density at radius 3 is 2.41 bits per heavy atom. The summed E-state index contributed by atoms with van der Waals surface area (Å²) in [7, 11) is -2.19. The molecule has 3 rings (SSSR count). The highest BCUT2D eigenvalue weighted by Gasteiger charge is 2.26. The second-order valence-corrected chi connectivity index (χ2v) is 9.91. The van der Waals surface area contributed by atoms with E-state index in [-0.39, 0.29) is 23.0 Å². The summed E-state index contributed by atoms with van der Waals surface area (Å²) in [6.07, 6.45) is 4.16. The van der Waals surface area contributed by atoms with E-state index >= 15 is 0 Å². The van der Waals surface area contributed by atoms with Gasteiger partial charge in [0.25, 0.3) is 0 Å². The van der Waals surface area contributed by atoms with Gasteiger partial charge in [-0.3, -0.25) is 9.59 Å². The molecule has 174 valence electrons. The number of rotatable bonds is 8. The molecule has 1 saturated heterocycles. The Bertz CT molecular complexity index is 1080. The zero-order valence-electron chi connectivity index (χ0n) is 18.8. The van der Waals surface area contributed by atoms with Gasteiger partial charge in [-0.2, -0.15) is 4.31 Å². The van der Waals surface area contributed by atoms with Crippen LogP contribution < -0.4 is 10.1 Å². The number of Topliss-reactive ketones (excluding diaryl/α,β-unsaturated/α-hetero) is 1. The predicted molar refractivity (Wildman–Crippen MR) is 121 cm³/mol. The lowest BCUT2D eigenvalue weighted by atomic mass is 10.1. The molecular formula is C23H30N2O6S. The van der Waals surface area contributed by atoms with Gasteiger partial charge in [0.2, 0.25) is 15.9 Å². The van der Waals surface area contributed by atoms with Gasteiger partial charge in [-0.1, -0.05) is 12.8 Å². The summed E-state index contributed by atoms with van der Waals surface area (Å²) in [6.45, 7) is 4.18. The maximum atomic E-state index is 13.1. The molecule has 0 atom stereocenters. The highest BCUT2D eigenvalue weighted by molar-refractivity contribution is 7.89. The summed E-state index contributed by atoms with van der Waals surface area (Å²) in [5, 5.41) is 2.75. The molecule has 0 spiro atoms. The fourth-order valence-electron chi connectivity index (χ4n) is 3.84. The van der Waals surface area contributed by atoms with Gasteiger partial charge in [0, 0.05) is 25.9 Å². The molecular weight excluding hydrogens is 432 g/mol. The number of hydrogen-bond donors (Lipinski definition) is 1. The van der Waals surface area contributed by atoms with E-state index in [9.17, 15) is 18.0 Å². The molecule has 1 aromatic heterocycles. The van der Waals surface area contributed by atoms with Crippen LogP contribution in [0.3, 0.4) is 0 Å². The third-order valence-corrected chi connectivity index (χ3v) is 7.49. The zero-order valence-corrected chi connectivity index (χ0v) is 19.6. The van der Waals surface area contributed by atoms with Gasteiger partial charge in [-0.05, 0) is 51.0 Å². The number of benzene rings is 1. The molecule has 8 nitrogen and oxygen atoms in total. The first-order valence-electron chi connectivity index (χ1n) is 10.8. The van der Waals surface area contributed by atoms with Crippen molar-refractivity contribution in [2.24, 2.45) is 0 Å². The first-order valence-corrected chi connectivity index (χ1v) is 12.2. The molecule has 2 aromatic rings. The predicted octanol–water partition coefficient (Wildman–Crippen LogP) is 3.94. The average molecular weight is 463 g/mol. The lowest BCUT2D eigenvalue weighted by Crippen LogP contribution is -2.32. The van der Waals surface area contributed by atoms with Gasteiger partial charge >= 0.3 is 0 Å². The average Bonchev–Trinajstić information content (AvgIpc) is 2.94. The summed E-state index contributed by atoms with van der Waals surface area (Å²) in [5.41, 5.74) is 0.807. The number of ether oxygens (including phenoxy) is 1. The highest BCUT2D eigenvalue weighted by Crippen LogP contribution is 2.30. The minimum Gasteiger partial charge on any atom is -0.495 e. The summed E-state index contributed by atoms with van der Waals surface area (Å²) in [5.74, 6) is 1.05. The molecule has 1 aliphatic rings. The lowest BCUT2D eigenvalue weighted by molar-refractivity contribution is -0.116. The van der Waals surface area contributed by atoms with Gasteiger partial charge in [-0.25, -0.2) is 8.42 Å². The molecule has 32 heavy (non-hydrogen) atoms. The van der Waals surface area contributed by atoms with E-state index in [2.05, 4.69) is 5.32 Å². The minimum absolute atomic E-state index is 0.0888. The molecule has 1 N–H and O–H groups in total. The van der Waals surface area contributed by atoms with E-state index in [0.29, 0.717) is 48.0 Å². The maximum Gasteiger partial charge on any atom is 0.243 e. The van der Waals surface area contributed by atoms with Crippen molar-refractivity contribution in [1.82, 2.24) is 4.31 Å². The van der Waals surface area contributed by atoms with Crippen LogP contribution in [0.15, 0.2) is 33.6 Å². The van der Waals surface area contributed by atoms with Crippen molar-refractivity contribution in [3.63, 3.8) is 0 Å². The molecule has 1 fully saturated rings. The first kappa shape index (κ1) is 24.0. The Morgan fingerprint density at radius 1 is 1.12 bits per heavy atom. The molecule has 1 amide bonds. The molecule has 0 unspecified atom stereocenters. The number of sulfonamides is 1. The van der Waals surface area contributed by atoms with E-state index in [1.165, 1.54) is 30.5 Å². The second-order valence-electron chi connectivity index (χ2n) is 7.97. The molecule has 0 radical (unpaired) electrons. The number of anilines is 1. The standard InChI is InChI=1S/C23H30N2O6S/c1-16(26)20-14-18(31-17(20)2)8-11-23(27)24-21-15-19(9-10-22(21)30-3)32(28,29)25-12-6-4-5-7-13-25/h9-10,14-15H,4-8,11-13H2,1-3H3,(H,24,27). The van der Waals surface area contributed by atoms with Gasteiger partial charge in [0.1, 0.15) is 17.3 Å². The molecule has 1 aromatic carbocycles. The molecule has 9 heteroatoms. The normalized spacial score (nSPS) is 15.2. The number of ketones is 1. The quantitative estimate of drug-likeness (QED) is 0.596. The number of methoxy groups -OCH3 is 1. The Labute approximate surface area is 189 Å². The second kappa shape index (κ2) is 10.3. The lowest BCUT2D eigenvalue weighted by Gasteiger charge is -2.21. The van der Waals surface area contributed by atoms with Crippen molar-refractivity contribution in [3.05, 3.63) is 41.3 Å². The van der Waals surface area contributed by atoms with Crippen molar-refractivity contribution in [1.29, 1.82) is 0 Å². The number of furan rings is 1. The van der Waals surface area contributed by atoms with Crippen LogP contribution in [0.1, 0.15) is 60.9 Å². The fourth-order valence-corrected chi connectivity index (χ4v) is 5.39. The monoisotopic (exact) mass is 462 g/mol. The van der Waals surface area contributed by atoms with E-state index < -0.39 is 10.0 Å². The Hall–Kier alpha value is -2.65. The topological polar surface area (TPSA) is 106 Å². The van der Waals surface area contributed by atoms with Crippen LogP contribution in [-0.4, -0.2) is 44.6 Å². The van der Waals surface area contributed by atoms with Crippen molar-refractivity contribution in [3.8, 4) is 5.75 Å². The van der Waals surface area contributed by atoms with Crippen LogP contribution in [0.2, 0.25) is 0 Å². The SMILES string of the molecule is COc1ccc(S(=O)(=O)N2CCCCCC2)cc1NC(=O)CCc1cc(C(C)=O)c(C)o1. The van der Waals surface area contributed by atoms with E-state index in [1.807, 2.05) is 0 Å². The first-order chi connectivity index (χ1) is 15.2. The Kier molecular flexibility index (Phi) is 7.73. The highest BCUT2D eigenvalue weighted by atomic mass is 32.2. The van der Waals surface area contributed by atoms with Crippen LogP contribution in [0.25, 0.3) is 0 Å². The number of amides is 1. The minimum atomic E-state index is -3.65. The maximum absolute atomic E-state index is 13.1. The van der Waals surface area contributed by atoms with Crippen molar-refractivity contribution >= 4 is 27.4 Å². The van der Waals surface area contributed by atoms with Crippen molar-refractivity contribution < 1.29 is 27.2 Å². The summed E-state index contributed by atoms with van der Waals surface area (Å²) >= 11 is 0. The van der Waals surface area contributed by atoms with E-state index in [1.54, 1.807) is 19.1 Å². The summed E-state index contributed by atoms with van der Waals surface area (Å²) < 4.78 is 38.6. The van der Waals surface area contributed by atoms with Crippen LogP contribution >= 0.6 is 0 Å². The molecule has 0 bridgehead atoms. The van der Waals surface area contributed by atoms with Gasteiger partial charge in [-0.15, -0.1) is 0 Å². The molecule has 2 heterocycles. The van der Waals surface area contributed by atoms with E-state index in [4.69, 9.17) is 9.15 Å². The molecule has 0 saturated carbocycles. The summed E-state index contributed by atoms with van der Waals surface area (Å²) in [6, 6.07) is 6.15. The number of aryl methyl sites for hydroxylation is 2. The number of nitrogens with zero attached hydrogens (tertiary/aromatic N) is 1. The fraction of sp³-hybridized carbons (Fsp3) is 0.478. The van der Waals surface area contributed by atoms with Crippen LogP contribution in [-0.2, 0) is 21.2 Å². The largest absolute Gasteiger partial charge is 0.495 e. The third-order valence-electron chi connectivity index (χ3n) is 5.59. The van der Waals surface area contributed by atoms with Crippen molar-refractivity contribution in [2.45, 2.75) is 57.3 Å². The number of hydrogen-bond acceptors (Lipinski definition) is 6. The summed E-state index contributed by atoms with van der Waals surface area (Å²) in [4.78, 5) is 24.3. The molecule has 0 aliphatic carbocycles. The number of carbonyl (C=O) groups is 2. The van der Waals surface area contributed by atoms with Gasteiger partial charge in [0.15, 0.2) is 5.78 Å².